The van der Waals surface area contributed by atoms with Crippen LogP contribution in [-0.2, 0) is 11.3 Å². The molecule has 1 aromatic heterocycles. The maximum atomic E-state index is 13.8. The Balaban J connectivity index is 2.11. The predicted octanol–water partition coefficient (Wildman–Crippen LogP) is 3.37. The zero-order chi connectivity index (χ0) is 17.1. The molecule has 0 saturated heterocycles. The summed E-state index contributed by atoms with van der Waals surface area (Å²) in [5.74, 6) is -2.29. The van der Waals surface area contributed by atoms with E-state index in [1.807, 2.05) is 28.8 Å². The fourth-order valence-electron chi connectivity index (χ4n) is 2.31. The number of hydrogen-bond acceptors (Lipinski definition) is 3. The molecule has 0 N–H and O–H groups in total. The molecule has 0 aliphatic rings. The van der Waals surface area contributed by atoms with E-state index in [1.54, 1.807) is 7.11 Å². The van der Waals surface area contributed by atoms with Crippen molar-refractivity contribution >= 4 is 27.5 Å². The van der Waals surface area contributed by atoms with Crippen LogP contribution in [0.2, 0.25) is 0 Å². The van der Waals surface area contributed by atoms with Crippen molar-refractivity contribution in [2.45, 2.75) is 6.54 Å². The third kappa shape index (κ3) is 3.27. The van der Waals surface area contributed by atoms with Crippen molar-refractivity contribution in [3.05, 3.63) is 64.5 Å². The maximum Gasteiger partial charge on any atom is 0.282 e. The van der Waals surface area contributed by atoms with E-state index in [0.717, 1.165) is 28.4 Å². The summed E-state index contributed by atoms with van der Waals surface area (Å²) in [6, 6.07) is 10.3. The molecule has 24 heavy (non-hydrogen) atoms. The van der Waals surface area contributed by atoms with Crippen LogP contribution < -0.4 is 4.80 Å². The van der Waals surface area contributed by atoms with Crippen molar-refractivity contribution in [1.29, 1.82) is 0 Å². The highest BCUT2D eigenvalue weighted by Gasteiger charge is 2.13. The van der Waals surface area contributed by atoms with Crippen LogP contribution in [-0.4, -0.2) is 24.2 Å². The third-order valence-corrected chi connectivity index (χ3v) is 4.52. The Hall–Kier alpha value is -2.38. The molecule has 4 nitrogen and oxygen atoms in total. The Labute approximate surface area is 140 Å². The first-order valence-corrected chi connectivity index (χ1v) is 8.03. The van der Waals surface area contributed by atoms with Gasteiger partial charge in [-0.05, 0) is 30.3 Å². The molecule has 1 heterocycles. The number of thiazole rings is 1. The third-order valence-electron chi connectivity index (χ3n) is 3.46. The number of halogens is 2. The molecule has 124 valence electrons. The second-order valence-electron chi connectivity index (χ2n) is 5.04. The molecule has 0 radical (unpaired) electrons. The smallest absolute Gasteiger partial charge is 0.282 e. The molecule has 3 aromatic rings. The molecule has 0 spiro atoms. The van der Waals surface area contributed by atoms with Crippen LogP contribution >= 0.6 is 11.3 Å². The number of nitrogens with zero attached hydrogens (tertiary/aromatic N) is 2. The average molecular weight is 348 g/mol. The number of para-hydroxylation sites is 1. The maximum absolute atomic E-state index is 13.8. The van der Waals surface area contributed by atoms with Crippen LogP contribution in [0.5, 0.6) is 0 Å². The Morgan fingerprint density at radius 2 is 2.04 bits per heavy atom. The summed E-state index contributed by atoms with van der Waals surface area (Å²) in [6.07, 6.45) is 0. The summed E-state index contributed by atoms with van der Waals surface area (Å²) in [5.41, 5.74) is 0.525. The van der Waals surface area contributed by atoms with Gasteiger partial charge < -0.3 is 9.30 Å². The largest absolute Gasteiger partial charge is 0.383 e. The van der Waals surface area contributed by atoms with Crippen LogP contribution in [0.25, 0.3) is 10.2 Å². The molecule has 0 unspecified atom stereocenters. The van der Waals surface area contributed by atoms with Crippen molar-refractivity contribution in [3.8, 4) is 0 Å². The minimum atomic E-state index is -0.815. The minimum absolute atomic E-state index is 0.384. The van der Waals surface area contributed by atoms with Gasteiger partial charge in [0.2, 0.25) is 0 Å². The van der Waals surface area contributed by atoms with E-state index >= 15 is 0 Å². The van der Waals surface area contributed by atoms with Crippen molar-refractivity contribution < 1.29 is 18.3 Å². The highest BCUT2D eigenvalue weighted by molar-refractivity contribution is 7.16. The standard InChI is InChI=1S/C17H14F2N2O2S/c1-23-9-8-21-14-4-2-3-5-15(14)24-17(21)20-16(22)12-10-11(18)6-7-13(12)19/h2-7,10H,8-9H2,1H3/b20-17-. The second kappa shape index (κ2) is 7.02. The molecule has 0 fully saturated rings. The number of methoxy groups -OCH3 is 1. The summed E-state index contributed by atoms with van der Waals surface area (Å²) in [7, 11) is 1.58. The van der Waals surface area contributed by atoms with E-state index in [9.17, 15) is 13.6 Å². The lowest BCUT2D eigenvalue weighted by molar-refractivity contribution is 0.0993. The monoisotopic (exact) mass is 348 g/mol. The zero-order valence-corrected chi connectivity index (χ0v) is 13.6. The van der Waals surface area contributed by atoms with Gasteiger partial charge in [-0.25, -0.2) is 8.78 Å². The van der Waals surface area contributed by atoms with Gasteiger partial charge in [0, 0.05) is 13.7 Å². The second-order valence-corrected chi connectivity index (χ2v) is 6.05. The Bertz CT molecular complexity index is 963. The number of aromatic nitrogens is 1. The van der Waals surface area contributed by atoms with Crippen molar-refractivity contribution in [2.75, 3.05) is 13.7 Å². The van der Waals surface area contributed by atoms with E-state index in [4.69, 9.17) is 4.74 Å². The fraction of sp³-hybridized carbons (Fsp3) is 0.176. The van der Waals surface area contributed by atoms with Gasteiger partial charge in [0.1, 0.15) is 11.6 Å². The molecule has 0 atom stereocenters. The van der Waals surface area contributed by atoms with Crippen LogP contribution in [0.1, 0.15) is 10.4 Å². The van der Waals surface area contributed by atoms with E-state index in [1.165, 1.54) is 11.3 Å². The summed E-state index contributed by atoms with van der Waals surface area (Å²) in [5, 5.41) is 0. The lowest BCUT2D eigenvalue weighted by atomic mass is 10.2. The van der Waals surface area contributed by atoms with E-state index in [-0.39, 0.29) is 5.56 Å². The minimum Gasteiger partial charge on any atom is -0.383 e. The molecular formula is C17H14F2N2O2S. The number of rotatable bonds is 4. The first kappa shape index (κ1) is 16.5. The average Bonchev–Trinajstić information content (AvgIpc) is 2.92. The molecule has 0 saturated carbocycles. The van der Waals surface area contributed by atoms with Gasteiger partial charge in [-0.2, -0.15) is 4.99 Å². The van der Waals surface area contributed by atoms with Gasteiger partial charge >= 0.3 is 0 Å². The fourth-order valence-corrected chi connectivity index (χ4v) is 3.37. The number of carbonyl (C=O) groups excluding carboxylic acids is 1. The first-order valence-electron chi connectivity index (χ1n) is 7.21. The Morgan fingerprint density at radius 3 is 2.83 bits per heavy atom. The number of hydrogen-bond donors (Lipinski definition) is 0. The molecule has 1 amide bonds. The first-order chi connectivity index (χ1) is 11.6. The molecule has 0 bridgehead atoms. The van der Waals surface area contributed by atoms with Gasteiger partial charge in [-0.15, -0.1) is 0 Å². The highest BCUT2D eigenvalue weighted by atomic mass is 32.1. The Kier molecular flexibility index (Phi) is 4.82. The number of fused-ring (bicyclic) bond motifs is 1. The van der Waals surface area contributed by atoms with E-state index in [0.29, 0.717) is 18.0 Å². The molecule has 0 aliphatic carbocycles. The van der Waals surface area contributed by atoms with Gasteiger partial charge in [-0.3, -0.25) is 4.79 Å². The number of benzene rings is 2. The lowest BCUT2D eigenvalue weighted by Crippen LogP contribution is -2.19. The molecule has 3 rings (SSSR count). The SMILES string of the molecule is COCCn1/c(=N/C(=O)c2cc(F)ccc2F)sc2ccccc21. The van der Waals surface area contributed by atoms with Crippen molar-refractivity contribution in [1.82, 2.24) is 4.57 Å². The molecule has 0 aliphatic heterocycles. The van der Waals surface area contributed by atoms with Crippen LogP contribution in [0, 0.1) is 11.6 Å². The number of amides is 1. The topological polar surface area (TPSA) is 43.6 Å². The zero-order valence-electron chi connectivity index (χ0n) is 12.8. The van der Waals surface area contributed by atoms with Gasteiger partial charge in [0.15, 0.2) is 4.80 Å². The van der Waals surface area contributed by atoms with Crippen molar-refractivity contribution in [2.24, 2.45) is 4.99 Å². The van der Waals surface area contributed by atoms with Crippen molar-refractivity contribution in [3.63, 3.8) is 0 Å². The summed E-state index contributed by atoms with van der Waals surface area (Å²) >= 11 is 1.31. The Morgan fingerprint density at radius 1 is 1.25 bits per heavy atom. The van der Waals surface area contributed by atoms with Crippen LogP contribution in [0.4, 0.5) is 8.78 Å². The quantitative estimate of drug-likeness (QED) is 0.726. The van der Waals surface area contributed by atoms with Crippen LogP contribution in [0.15, 0.2) is 47.5 Å². The number of ether oxygens (including phenoxy) is 1. The summed E-state index contributed by atoms with van der Waals surface area (Å²) in [6.45, 7) is 0.939. The van der Waals surface area contributed by atoms with Crippen LogP contribution in [0.3, 0.4) is 0 Å². The lowest BCUT2D eigenvalue weighted by Gasteiger charge is -2.04. The van der Waals surface area contributed by atoms with Gasteiger partial charge in [0.25, 0.3) is 5.91 Å². The van der Waals surface area contributed by atoms with E-state index < -0.39 is 17.5 Å². The molecular weight excluding hydrogens is 334 g/mol. The molecule has 7 heteroatoms. The summed E-state index contributed by atoms with van der Waals surface area (Å²) < 4.78 is 34.9. The number of carbonyl (C=O) groups is 1. The normalized spacial score (nSPS) is 12.0. The highest BCUT2D eigenvalue weighted by Crippen LogP contribution is 2.17. The van der Waals surface area contributed by atoms with Gasteiger partial charge in [0.05, 0.1) is 22.4 Å². The van der Waals surface area contributed by atoms with E-state index in [2.05, 4.69) is 4.99 Å². The molecule has 2 aromatic carbocycles. The summed E-state index contributed by atoms with van der Waals surface area (Å²) in [4.78, 5) is 16.7. The predicted molar refractivity (Wildman–Crippen MR) is 87.9 cm³/mol. The van der Waals surface area contributed by atoms with Gasteiger partial charge in [-0.1, -0.05) is 23.5 Å².